The number of unbranched alkanes of at least 4 members (excludes halogenated alkanes) is 1. The van der Waals surface area contributed by atoms with Gasteiger partial charge in [0.25, 0.3) is 5.56 Å². The van der Waals surface area contributed by atoms with Crippen molar-refractivity contribution in [3.8, 4) is 34.3 Å². The Bertz CT molecular complexity index is 4010. The molecule has 6 atom stereocenters. The first-order valence-electron chi connectivity index (χ1n) is 32.6. The average Bonchev–Trinajstić information content (AvgIpc) is 1.19. The largest absolute Gasteiger partial charge is 0.490 e. The minimum atomic E-state index is -5.76. The fourth-order valence-electron chi connectivity index (χ4n) is 9.72. The van der Waals surface area contributed by atoms with Crippen molar-refractivity contribution in [2.75, 3.05) is 83.6 Å². The highest BCUT2D eigenvalue weighted by molar-refractivity contribution is 8.77. The van der Waals surface area contributed by atoms with Gasteiger partial charge in [-0.2, -0.15) is 8.62 Å². The van der Waals surface area contributed by atoms with Crippen molar-refractivity contribution in [3.63, 3.8) is 0 Å². The smallest absolute Gasteiger partial charge is 0.478 e. The second-order valence-corrected chi connectivity index (χ2v) is 34.3. The van der Waals surface area contributed by atoms with Gasteiger partial charge in [-0.25, -0.2) is 33.1 Å². The molecule has 6 rings (SSSR count). The van der Waals surface area contributed by atoms with Crippen LogP contribution in [-0.4, -0.2) is 159 Å². The Kier molecular flexibility index (Phi) is 36.5. The molecule has 1 saturated heterocycles. The van der Waals surface area contributed by atoms with Crippen LogP contribution in [0.15, 0.2) is 62.7 Å². The number of carboxylic acid groups (broad SMARTS) is 1. The number of rotatable bonds is 40. The number of hydrogen-bond acceptors (Lipinski definition) is 23. The number of Topliss-reactive ketones (excluding diaryl/α,β-unsaturated/α-hetero) is 1. The molecular weight excluding hydrogens is 1460 g/mol. The van der Waals surface area contributed by atoms with E-state index in [1.165, 1.54) is 11.6 Å². The highest BCUT2D eigenvalue weighted by Gasteiger charge is 2.44. The second kappa shape index (κ2) is 42.6. The minimum Gasteiger partial charge on any atom is -0.478 e. The molecule has 8 N–H and O–H groups in total. The summed E-state index contributed by atoms with van der Waals surface area (Å²) in [6, 6.07) is 13.0. The van der Waals surface area contributed by atoms with Gasteiger partial charge in [-0.3, -0.25) is 28.5 Å². The third-order valence-electron chi connectivity index (χ3n) is 14.3. The molecule has 1 aromatic heterocycles. The van der Waals surface area contributed by atoms with E-state index in [2.05, 4.69) is 82.5 Å². The van der Waals surface area contributed by atoms with Gasteiger partial charge in [0.15, 0.2) is 5.78 Å². The first-order valence-corrected chi connectivity index (χ1v) is 41.9. The Labute approximate surface area is 601 Å². The molecule has 0 bridgehead atoms. The summed E-state index contributed by atoms with van der Waals surface area (Å²) in [5.74, 6) is 5.52. The number of H-pyrrole nitrogens is 1. The lowest BCUT2D eigenvalue weighted by atomic mass is 9.87. The Morgan fingerprint density at radius 2 is 1.56 bits per heavy atom. The van der Waals surface area contributed by atoms with Crippen molar-refractivity contribution in [1.29, 1.82) is 0 Å². The third kappa shape index (κ3) is 30.4. The number of carboxylic acids is 1. The molecule has 1 aliphatic carbocycles. The van der Waals surface area contributed by atoms with E-state index in [1.807, 2.05) is 39.8 Å². The minimum absolute atomic E-state index is 0.0357. The van der Waals surface area contributed by atoms with Gasteiger partial charge >= 0.3 is 47.2 Å². The van der Waals surface area contributed by atoms with Crippen molar-refractivity contribution in [3.05, 3.63) is 108 Å². The van der Waals surface area contributed by atoms with Crippen LogP contribution in [0.5, 0.6) is 0 Å². The highest BCUT2D eigenvalue weighted by Crippen LogP contribution is 2.66. The number of hydrogen-bond donors (Lipinski definition) is 8. The molecule has 0 radical (unpaired) electrons. The van der Waals surface area contributed by atoms with Crippen molar-refractivity contribution in [2.24, 2.45) is 0 Å². The van der Waals surface area contributed by atoms with Gasteiger partial charge < -0.3 is 67.6 Å². The lowest BCUT2D eigenvalue weighted by Gasteiger charge is -2.21. The maximum atomic E-state index is 13.4. The van der Waals surface area contributed by atoms with Gasteiger partial charge in [-0.15, -0.1) is 0 Å². The van der Waals surface area contributed by atoms with Crippen LogP contribution in [0.3, 0.4) is 0 Å². The van der Waals surface area contributed by atoms with Crippen molar-refractivity contribution < 1.29 is 113 Å². The number of ketones is 1. The number of benzene rings is 3. The maximum absolute atomic E-state index is 13.4. The molecule has 560 valence electrons. The Morgan fingerprint density at radius 1 is 0.842 bits per heavy atom. The SMILES string of the molecule is CCCOC(=O)NCCOCCOCCCC(=O)c1ccc(C(=O)O)c(-c2c3cc(C)c(=[NH+]CC)cc-3oc3cc(CCC)c(C)cc23)c1.CCS(=S)CO[C@H]1C[C@H](n2cc(C#CCCC(=O)OCCCCOCSSC(C)(C)C)c(=O)[nH]c2=O)O[C@@H]1COP(=O)(O)OP(=O)(O)OP(=O)(O)O. The lowest BCUT2D eigenvalue weighted by molar-refractivity contribution is -0.496. The number of aromatic carboxylic acids is 1. The maximum Gasteiger partial charge on any atom is 0.490 e. The van der Waals surface area contributed by atoms with E-state index in [-0.39, 0.29) is 59.9 Å². The number of aromatic amines is 1. The Morgan fingerprint density at radius 3 is 2.25 bits per heavy atom. The van der Waals surface area contributed by atoms with Crippen molar-refractivity contribution >= 4 is 100 Å². The predicted octanol–water partition coefficient (Wildman–Crippen LogP) is 8.82. The number of ether oxygens (including phenoxy) is 7. The third-order valence-corrected chi connectivity index (χ3v) is 23.2. The Hall–Kier alpha value is -5.27. The first kappa shape index (κ1) is 86.4. The van der Waals surface area contributed by atoms with E-state index in [9.17, 15) is 57.4 Å². The number of phosphoric acid groups is 3. The molecule has 3 heterocycles. The zero-order chi connectivity index (χ0) is 74.5. The lowest BCUT2D eigenvalue weighted by Crippen LogP contribution is -2.76. The molecule has 2 aliphatic heterocycles. The fraction of sp³-hybridized carbons (Fsp3) is 0.554. The van der Waals surface area contributed by atoms with Crippen LogP contribution in [-0.2, 0) is 91.9 Å². The van der Waals surface area contributed by atoms with Gasteiger partial charge in [0, 0.05) is 77.6 Å². The van der Waals surface area contributed by atoms with E-state index in [0.717, 1.165) is 76.0 Å². The second-order valence-electron chi connectivity index (χ2n) is 23.7. The van der Waals surface area contributed by atoms with E-state index < -0.39 is 87.2 Å². The quantitative estimate of drug-likeness (QED) is 0.00265. The number of carbonyl (C=O) groups is 4. The summed E-state index contributed by atoms with van der Waals surface area (Å²) in [6.07, 6.45) is 2.10. The van der Waals surface area contributed by atoms with E-state index >= 15 is 0 Å². The van der Waals surface area contributed by atoms with Crippen LogP contribution in [0.2, 0.25) is 0 Å². The number of esters is 1. The summed E-state index contributed by atoms with van der Waals surface area (Å²) in [6.45, 7) is 21.2. The van der Waals surface area contributed by atoms with E-state index in [1.54, 1.807) is 33.7 Å². The number of aryl methyl sites for hydroxylation is 3. The molecule has 3 unspecified atom stereocenters. The fourth-order valence-corrected chi connectivity index (χ4v) is 15.4. The number of alkyl carbamates (subject to hydrolysis) is 1. The molecule has 29 nitrogen and oxygen atoms in total. The molecule has 2 aromatic carbocycles. The van der Waals surface area contributed by atoms with Gasteiger partial charge in [0.05, 0.1) is 69.7 Å². The highest BCUT2D eigenvalue weighted by atomic mass is 33.1. The number of carbonyl (C=O) groups excluding carboxylic acids is 3. The number of amides is 1. The number of aromatic nitrogens is 2. The van der Waals surface area contributed by atoms with Gasteiger partial charge in [-0.1, -0.05) is 96.9 Å². The summed E-state index contributed by atoms with van der Waals surface area (Å²) < 4.78 is 93.1. The van der Waals surface area contributed by atoms with Crippen LogP contribution >= 0.6 is 45.1 Å². The normalized spacial score (nSPS) is 16.4. The van der Waals surface area contributed by atoms with Crippen LogP contribution in [0.1, 0.15) is 155 Å². The zero-order valence-corrected chi connectivity index (χ0v) is 63.9. The van der Waals surface area contributed by atoms with Gasteiger partial charge in [0.2, 0.25) is 5.36 Å². The van der Waals surface area contributed by atoms with Crippen LogP contribution in [0.4, 0.5) is 4.79 Å². The summed E-state index contributed by atoms with van der Waals surface area (Å²) >= 11 is 5.28. The number of phosphoric ester groups is 1. The molecule has 1 amide bonds. The molecular formula is C65H92N4O25P3S4+. The van der Waals surface area contributed by atoms with Gasteiger partial charge in [-0.05, 0) is 117 Å². The average molecular weight is 1550 g/mol. The van der Waals surface area contributed by atoms with Crippen molar-refractivity contribution in [1.82, 2.24) is 14.9 Å². The number of nitrogens with zero attached hydrogens (tertiary/aromatic N) is 1. The monoisotopic (exact) mass is 1550 g/mol. The molecule has 101 heavy (non-hydrogen) atoms. The van der Waals surface area contributed by atoms with Gasteiger partial charge in [0.1, 0.15) is 41.7 Å². The molecule has 3 aromatic rings. The molecule has 3 aliphatic rings. The zero-order valence-electron chi connectivity index (χ0n) is 57.9. The van der Waals surface area contributed by atoms with Crippen LogP contribution in [0.25, 0.3) is 33.4 Å². The summed E-state index contributed by atoms with van der Waals surface area (Å²) in [7, 11) is -14.1. The molecule has 0 saturated carbocycles. The topological polar surface area (TPSA) is 407 Å². The molecule has 36 heteroatoms. The molecule has 1 fully saturated rings. The van der Waals surface area contributed by atoms with E-state index in [0.29, 0.717) is 93.2 Å². The van der Waals surface area contributed by atoms with E-state index in [4.69, 9.17) is 63.1 Å². The first-order chi connectivity index (χ1) is 47.8. The summed E-state index contributed by atoms with van der Waals surface area (Å²) in [5.41, 5.74) is 4.67. The number of fused-ring (bicyclic) bond motifs is 2. The predicted molar refractivity (Wildman–Crippen MR) is 385 cm³/mol. The number of nitrogens with one attached hydrogen (secondary N) is 3. The Balaban J connectivity index is 0.000000364. The molecule has 0 spiro atoms. The van der Waals surface area contributed by atoms with Crippen LogP contribution < -0.4 is 26.9 Å². The summed E-state index contributed by atoms with van der Waals surface area (Å²) in [5, 5.41) is 14.7. The van der Waals surface area contributed by atoms with Crippen LogP contribution in [0, 0.1) is 25.7 Å². The van der Waals surface area contributed by atoms with Crippen molar-refractivity contribution in [2.45, 2.75) is 150 Å². The standard InChI is InChI=1S/C39H48N2O8.C26H43N2O17P3S4/c1-6-10-27-23-35-31(20-25(27)4)37(32-21-26(5)33(40-8-3)24-36(32)49-35)30-22-28(12-13-29(30)38(43)44)34(42)11-9-16-46-18-19-47-17-14-41-39(45)48-15-7-2;1-5-52(49)18-41-20-14-22(43-21(20)16-42-47(35,36)45-48(37,38)44-46(32,33)34)28-15-19(24(30)27-25(28)31)10-6-7-11-23(29)40-13-9-8-12-39-17-50-51-26(2,3)4/h12-13,20-24H,6-11,14-19H2,1-5H3,(H,41,45)(H,43,44);15,20-22H,5,7-9,11-14,16-18H2,1-4H3,(H,35,36)(H,37,38)(H,27,30,31)(H2,32,33,34)/p+1/t;20-,21+,22+,52?/m.0/s1. The summed E-state index contributed by atoms with van der Waals surface area (Å²) in [4.78, 5) is 117.